The number of methoxy groups -OCH3 is 1. The van der Waals surface area contributed by atoms with E-state index in [2.05, 4.69) is 5.32 Å². The second-order valence-corrected chi connectivity index (χ2v) is 7.35. The van der Waals surface area contributed by atoms with Gasteiger partial charge < -0.3 is 10.1 Å². The quantitative estimate of drug-likeness (QED) is 0.834. The fraction of sp³-hybridized carbons (Fsp3) is 0.571. The second kappa shape index (κ2) is 5.51. The Morgan fingerprint density at radius 3 is 2.58 bits per heavy atom. The van der Waals surface area contributed by atoms with Crippen LogP contribution in [0.1, 0.15) is 19.3 Å². The van der Waals surface area contributed by atoms with Crippen molar-refractivity contribution in [3.63, 3.8) is 0 Å². The first-order valence-corrected chi connectivity index (χ1v) is 8.38. The van der Waals surface area contributed by atoms with Crippen molar-refractivity contribution < 1.29 is 13.2 Å². The lowest BCUT2D eigenvalue weighted by Gasteiger charge is -2.17. The lowest BCUT2D eigenvalue weighted by Crippen LogP contribution is -2.18. The molecule has 5 heteroatoms. The average molecular weight is 283 g/mol. The Bertz CT molecular complexity index is 535. The molecular formula is C14H21NO3S. The van der Waals surface area contributed by atoms with E-state index in [0.29, 0.717) is 16.0 Å². The van der Waals surface area contributed by atoms with Crippen LogP contribution in [0.15, 0.2) is 29.2 Å². The summed E-state index contributed by atoms with van der Waals surface area (Å²) in [7, 11) is -1.47. The fourth-order valence-corrected chi connectivity index (χ4v) is 3.09. The first-order valence-electron chi connectivity index (χ1n) is 6.49. The Morgan fingerprint density at radius 1 is 1.32 bits per heavy atom. The number of benzene rings is 1. The van der Waals surface area contributed by atoms with Gasteiger partial charge in [-0.1, -0.05) is 12.1 Å². The van der Waals surface area contributed by atoms with Crippen LogP contribution in [-0.4, -0.2) is 34.9 Å². The fourth-order valence-electron chi connectivity index (χ4n) is 2.23. The van der Waals surface area contributed by atoms with Crippen LogP contribution >= 0.6 is 0 Å². The van der Waals surface area contributed by atoms with E-state index in [1.807, 2.05) is 12.1 Å². The standard InChI is InChI=1S/C14H21NO3S/c1-18-10-9-14(7-8-14)11-15-12-5-3-4-6-13(12)19(2,16)17/h3-6,15H,7-11H2,1-2H3. The molecule has 1 fully saturated rings. The van der Waals surface area contributed by atoms with Crippen molar-refractivity contribution >= 4 is 15.5 Å². The number of rotatable bonds is 7. The minimum absolute atomic E-state index is 0.292. The molecule has 0 bridgehead atoms. The van der Waals surface area contributed by atoms with E-state index >= 15 is 0 Å². The van der Waals surface area contributed by atoms with Gasteiger partial charge >= 0.3 is 0 Å². The first-order chi connectivity index (χ1) is 8.97. The maximum Gasteiger partial charge on any atom is 0.177 e. The summed E-state index contributed by atoms with van der Waals surface area (Å²) in [5.41, 5.74) is 0.995. The summed E-state index contributed by atoms with van der Waals surface area (Å²) < 4.78 is 28.5. The van der Waals surface area contributed by atoms with Gasteiger partial charge in [0.25, 0.3) is 0 Å². The van der Waals surface area contributed by atoms with Gasteiger partial charge in [0, 0.05) is 26.5 Å². The van der Waals surface area contributed by atoms with E-state index in [0.717, 1.165) is 19.6 Å². The van der Waals surface area contributed by atoms with Gasteiger partial charge in [-0.3, -0.25) is 0 Å². The van der Waals surface area contributed by atoms with Gasteiger partial charge in [0.05, 0.1) is 10.6 Å². The molecular weight excluding hydrogens is 262 g/mol. The Kier molecular flexibility index (Phi) is 4.16. The molecule has 0 aromatic heterocycles. The van der Waals surface area contributed by atoms with Crippen molar-refractivity contribution in [2.75, 3.05) is 31.8 Å². The van der Waals surface area contributed by atoms with Gasteiger partial charge in [-0.25, -0.2) is 8.42 Å². The van der Waals surface area contributed by atoms with E-state index in [9.17, 15) is 8.42 Å². The number of hydrogen-bond acceptors (Lipinski definition) is 4. The third-order valence-corrected chi connectivity index (χ3v) is 4.89. The summed E-state index contributed by atoms with van der Waals surface area (Å²) in [4.78, 5) is 0.373. The molecule has 0 amide bonds. The summed E-state index contributed by atoms with van der Waals surface area (Å²) >= 11 is 0. The molecule has 0 atom stereocenters. The van der Waals surface area contributed by atoms with E-state index in [1.165, 1.54) is 19.1 Å². The lowest BCUT2D eigenvalue weighted by molar-refractivity contribution is 0.175. The number of nitrogens with one attached hydrogen (secondary N) is 1. The highest BCUT2D eigenvalue weighted by atomic mass is 32.2. The molecule has 1 aliphatic rings. The van der Waals surface area contributed by atoms with E-state index in [-0.39, 0.29) is 0 Å². The Morgan fingerprint density at radius 2 is 2.00 bits per heavy atom. The van der Waals surface area contributed by atoms with Crippen molar-refractivity contribution in [1.29, 1.82) is 0 Å². The highest BCUT2D eigenvalue weighted by Crippen LogP contribution is 2.48. The minimum Gasteiger partial charge on any atom is -0.385 e. The third kappa shape index (κ3) is 3.70. The van der Waals surface area contributed by atoms with Gasteiger partial charge in [-0.15, -0.1) is 0 Å². The van der Waals surface area contributed by atoms with Crippen LogP contribution in [0.25, 0.3) is 0 Å². The summed E-state index contributed by atoms with van der Waals surface area (Å²) in [6.45, 7) is 1.57. The number of para-hydroxylation sites is 1. The minimum atomic E-state index is -3.18. The number of hydrogen-bond donors (Lipinski definition) is 1. The van der Waals surface area contributed by atoms with E-state index in [1.54, 1.807) is 19.2 Å². The van der Waals surface area contributed by atoms with Crippen molar-refractivity contribution in [3.8, 4) is 0 Å². The van der Waals surface area contributed by atoms with Crippen LogP contribution in [0.4, 0.5) is 5.69 Å². The summed E-state index contributed by atoms with van der Waals surface area (Å²) in [6.07, 6.45) is 4.64. The molecule has 0 saturated heterocycles. The molecule has 106 valence electrons. The van der Waals surface area contributed by atoms with Crippen molar-refractivity contribution in [3.05, 3.63) is 24.3 Å². The Balaban J connectivity index is 2.04. The average Bonchev–Trinajstić information content (AvgIpc) is 3.14. The number of sulfone groups is 1. The molecule has 1 saturated carbocycles. The van der Waals surface area contributed by atoms with Crippen LogP contribution < -0.4 is 5.32 Å². The summed E-state index contributed by atoms with van der Waals surface area (Å²) in [5.74, 6) is 0. The molecule has 0 heterocycles. The largest absolute Gasteiger partial charge is 0.385 e. The predicted octanol–water partition coefficient (Wildman–Crippen LogP) is 2.32. The van der Waals surface area contributed by atoms with Crippen LogP contribution in [-0.2, 0) is 14.6 Å². The zero-order valence-electron chi connectivity index (χ0n) is 11.5. The molecule has 19 heavy (non-hydrogen) atoms. The Hall–Kier alpha value is -1.07. The SMILES string of the molecule is COCCC1(CNc2ccccc2S(C)(=O)=O)CC1. The Labute approximate surface area is 115 Å². The van der Waals surface area contributed by atoms with Crippen LogP contribution in [0, 0.1) is 5.41 Å². The second-order valence-electron chi connectivity index (χ2n) is 5.36. The molecule has 1 N–H and O–H groups in total. The molecule has 1 aromatic rings. The number of ether oxygens (including phenoxy) is 1. The summed E-state index contributed by atoms with van der Waals surface area (Å²) in [6, 6.07) is 7.07. The van der Waals surface area contributed by atoms with E-state index < -0.39 is 9.84 Å². The molecule has 4 nitrogen and oxygen atoms in total. The zero-order valence-corrected chi connectivity index (χ0v) is 12.3. The lowest BCUT2D eigenvalue weighted by atomic mass is 10.0. The monoisotopic (exact) mass is 283 g/mol. The summed E-state index contributed by atoms with van der Waals surface area (Å²) in [5, 5.41) is 3.30. The maximum atomic E-state index is 11.7. The smallest absolute Gasteiger partial charge is 0.177 e. The molecule has 1 aromatic carbocycles. The topological polar surface area (TPSA) is 55.4 Å². The van der Waals surface area contributed by atoms with Crippen LogP contribution in [0.2, 0.25) is 0 Å². The van der Waals surface area contributed by atoms with Crippen LogP contribution in [0.3, 0.4) is 0 Å². The number of anilines is 1. The van der Waals surface area contributed by atoms with Gasteiger partial charge in [0.15, 0.2) is 9.84 Å². The van der Waals surface area contributed by atoms with Gasteiger partial charge in [-0.05, 0) is 36.8 Å². The maximum absolute atomic E-state index is 11.7. The molecule has 0 aliphatic heterocycles. The van der Waals surface area contributed by atoms with E-state index in [4.69, 9.17) is 4.74 Å². The van der Waals surface area contributed by atoms with Crippen molar-refractivity contribution in [1.82, 2.24) is 0 Å². The highest BCUT2D eigenvalue weighted by molar-refractivity contribution is 7.90. The van der Waals surface area contributed by atoms with Crippen LogP contribution in [0.5, 0.6) is 0 Å². The predicted molar refractivity (Wildman–Crippen MR) is 76.2 cm³/mol. The molecule has 0 unspecified atom stereocenters. The van der Waals surface area contributed by atoms with Crippen molar-refractivity contribution in [2.45, 2.75) is 24.2 Å². The normalized spacial score (nSPS) is 17.2. The zero-order chi connectivity index (χ0) is 13.9. The van der Waals surface area contributed by atoms with Gasteiger partial charge in [0.1, 0.15) is 0 Å². The van der Waals surface area contributed by atoms with Gasteiger partial charge in [-0.2, -0.15) is 0 Å². The third-order valence-electron chi connectivity index (χ3n) is 3.73. The molecule has 0 spiro atoms. The molecule has 1 aliphatic carbocycles. The molecule has 2 rings (SSSR count). The van der Waals surface area contributed by atoms with Crippen molar-refractivity contribution in [2.24, 2.45) is 5.41 Å². The highest BCUT2D eigenvalue weighted by Gasteiger charge is 2.41. The van der Waals surface area contributed by atoms with Gasteiger partial charge in [0.2, 0.25) is 0 Å². The first kappa shape index (κ1) is 14.3. The molecule has 0 radical (unpaired) electrons.